The summed E-state index contributed by atoms with van der Waals surface area (Å²) in [6.07, 6.45) is 1.35. The zero-order chi connectivity index (χ0) is 22.8. The summed E-state index contributed by atoms with van der Waals surface area (Å²) in [4.78, 5) is 29.8. The molecule has 4 aromatic rings. The van der Waals surface area contributed by atoms with Gasteiger partial charge in [-0.2, -0.15) is 5.10 Å². The minimum Gasteiger partial charge on any atom is -0.495 e. The fourth-order valence-corrected chi connectivity index (χ4v) is 3.96. The summed E-state index contributed by atoms with van der Waals surface area (Å²) in [5.41, 5.74) is -0.0728. The van der Waals surface area contributed by atoms with Crippen LogP contribution in [0.4, 0.5) is 14.5 Å². The Morgan fingerprint density at radius 3 is 2.84 bits per heavy atom. The molecule has 0 saturated heterocycles. The van der Waals surface area contributed by atoms with E-state index in [4.69, 9.17) is 16.3 Å². The van der Waals surface area contributed by atoms with E-state index in [1.54, 1.807) is 12.1 Å². The van der Waals surface area contributed by atoms with Gasteiger partial charge in [0, 0.05) is 6.07 Å². The van der Waals surface area contributed by atoms with E-state index in [0.717, 1.165) is 30.0 Å². The number of anilines is 1. The Kier molecular flexibility index (Phi) is 6.10. The van der Waals surface area contributed by atoms with Crippen molar-refractivity contribution in [3.8, 4) is 11.4 Å². The van der Waals surface area contributed by atoms with Crippen molar-refractivity contribution in [2.75, 3.05) is 18.2 Å². The fourth-order valence-electron chi connectivity index (χ4n) is 2.90. The fraction of sp³-hybridized carbons (Fsp3) is 0.100. The number of hydrogen-bond donors (Lipinski definition) is 2. The first-order valence-corrected chi connectivity index (χ1v) is 10.4. The molecule has 32 heavy (non-hydrogen) atoms. The van der Waals surface area contributed by atoms with Gasteiger partial charge in [0.2, 0.25) is 5.91 Å². The maximum Gasteiger partial charge on any atom is 0.269 e. The van der Waals surface area contributed by atoms with Crippen LogP contribution in [0.25, 0.3) is 16.7 Å². The van der Waals surface area contributed by atoms with Gasteiger partial charge < -0.3 is 10.1 Å². The third-order valence-corrected chi connectivity index (χ3v) is 5.61. The Labute approximate surface area is 188 Å². The largest absolute Gasteiger partial charge is 0.495 e. The SMILES string of the molecule is COc1ccc(-n2c(SCC(=O)Nc3cc(F)ccc3F)nc3[nH]ncc3c2=O)cc1Cl. The van der Waals surface area contributed by atoms with Gasteiger partial charge in [0.15, 0.2) is 10.8 Å². The average molecular weight is 478 g/mol. The molecule has 12 heteroatoms. The molecule has 0 atom stereocenters. The van der Waals surface area contributed by atoms with Crippen molar-refractivity contribution >= 4 is 46.0 Å². The van der Waals surface area contributed by atoms with Gasteiger partial charge >= 0.3 is 0 Å². The minimum atomic E-state index is -0.772. The number of carbonyl (C=O) groups is 1. The third kappa shape index (κ3) is 4.30. The number of rotatable bonds is 6. The lowest BCUT2D eigenvalue weighted by atomic mass is 10.3. The van der Waals surface area contributed by atoms with Crippen LogP contribution in [0.1, 0.15) is 0 Å². The molecule has 1 amide bonds. The van der Waals surface area contributed by atoms with Crippen LogP contribution in [0.3, 0.4) is 0 Å². The molecule has 2 aromatic heterocycles. The molecule has 0 aliphatic heterocycles. The topological polar surface area (TPSA) is 102 Å². The van der Waals surface area contributed by atoms with Crippen LogP contribution in [-0.4, -0.2) is 38.5 Å². The van der Waals surface area contributed by atoms with Gasteiger partial charge in [-0.3, -0.25) is 19.3 Å². The van der Waals surface area contributed by atoms with Crippen molar-refractivity contribution in [3.05, 3.63) is 69.6 Å². The highest BCUT2D eigenvalue weighted by Gasteiger charge is 2.17. The van der Waals surface area contributed by atoms with Crippen molar-refractivity contribution in [1.29, 1.82) is 0 Å². The van der Waals surface area contributed by atoms with E-state index in [-0.39, 0.29) is 32.7 Å². The van der Waals surface area contributed by atoms with Gasteiger partial charge in [-0.25, -0.2) is 13.8 Å². The summed E-state index contributed by atoms with van der Waals surface area (Å²) < 4.78 is 33.6. The smallest absolute Gasteiger partial charge is 0.269 e. The number of halogens is 3. The van der Waals surface area contributed by atoms with Crippen LogP contribution in [-0.2, 0) is 4.79 Å². The summed E-state index contributed by atoms with van der Waals surface area (Å²) in [7, 11) is 1.47. The van der Waals surface area contributed by atoms with Crippen LogP contribution in [0.15, 0.2) is 52.5 Å². The molecule has 4 rings (SSSR count). The summed E-state index contributed by atoms with van der Waals surface area (Å²) in [6, 6.07) is 7.48. The number of ether oxygens (including phenoxy) is 1. The molecule has 2 N–H and O–H groups in total. The number of fused-ring (bicyclic) bond motifs is 1. The number of nitrogens with zero attached hydrogens (tertiary/aromatic N) is 3. The van der Waals surface area contributed by atoms with Crippen molar-refractivity contribution in [3.63, 3.8) is 0 Å². The van der Waals surface area contributed by atoms with Gasteiger partial charge in [-0.15, -0.1) is 0 Å². The number of aromatic amines is 1. The Morgan fingerprint density at radius 2 is 2.09 bits per heavy atom. The monoisotopic (exact) mass is 477 g/mol. The quantitative estimate of drug-likeness (QED) is 0.324. The molecule has 0 unspecified atom stereocenters. The molecule has 0 fully saturated rings. The molecule has 0 bridgehead atoms. The Morgan fingerprint density at radius 1 is 1.28 bits per heavy atom. The standard InChI is InChI=1S/C20H14ClF2N5O3S/c1-31-16-5-3-11(7-13(16)21)28-19(30)12-8-24-27-18(12)26-20(28)32-9-17(29)25-15-6-10(22)2-4-14(15)23/h2-8H,9H2,1H3,(H,24,27)(H,25,29). The molecule has 2 aromatic carbocycles. The van der Waals surface area contributed by atoms with E-state index in [1.165, 1.54) is 23.9 Å². The number of benzene rings is 2. The number of H-pyrrole nitrogens is 1. The van der Waals surface area contributed by atoms with E-state index < -0.39 is 23.1 Å². The van der Waals surface area contributed by atoms with Crippen molar-refractivity contribution < 1.29 is 18.3 Å². The third-order valence-electron chi connectivity index (χ3n) is 4.38. The predicted octanol–water partition coefficient (Wildman–Crippen LogP) is 3.78. The van der Waals surface area contributed by atoms with Gasteiger partial charge in [-0.05, 0) is 30.3 Å². The summed E-state index contributed by atoms with van der Waals surface area (Å²) in [5.74, 6) is -1.88. The van der Waals surface area contributed by atoms with Gasteiger partial charge in [0.1, 0.15) is 22.8 Å². The molecule has 0 radical (unpaired) electrons. The first-order valence-electron chi connectivity index (χ1n) is 9.05. The van der Waals surface area contributed by atoms with Crippen molar-refractivity contribution in [2.24, 2.45) is 0 Å². The highest BCUT2D eigenvalue weighted by atomic mass is 35.5. The number of aromatic nitrogens is 4. The number of nitrogens with one attached hydrogen (secondary N) is 2. The maximum atomic E-state index is 13.8. The second-order valence-electron chi connectivity index (χ2n) is 6.45. The van der Waals surface area contributed by atoms with Crippen LogP contribution in [0.5, 0.6) is 5.75 Å². The van der Waals surface area contributed by atoms with Crippen LogP contribution in [0.2, 0.25) is 5.02 Å². The second-order valence-corrected chi connectivity index (χ2v) is 7.80. The summed E-state index contributed by atoms with van der Waals surface area (Å²) in [6.45, 7) is 0. The van der Waals surface area contributed by atoms with E-state index in [1.807, 2.05) is 0 Å². The lowest BCUT2D eigenvalue weighted by molar-refractivity contribution is -0.113. The Bertz CT molecular complexity index is 1390. The van der Waals surface area contributed by atoms with E-state index in [2.05, 4.69) is 20.5 Å². The van der Waals surface area contributed by atoms with Crippen LogP contribution < -0.4 is 15.6 Å². The molecule has 0 aliphatic carbocycles. The number of thioether (sulfide) groups is 1. The van der Waals surface area contributed by atoms with Gasteiger partial charge in [0.05, 0.1) is 35.5 Å². The highest BCUT2D eigenvalue weighted by molar-refractivity contribution is 7.99. The molecule has 8 nitrogen and oxygen atoms in total. The van der Waals surface area contributed by atoms with Crippen molar-refractivity contribution in [2.45, 2.75) is 5.16 Å². The molecule has 0 aliphatic rings. The zero-order valence-electron chi connectivity index (χ0n) is 16.4. The van der Waals surface area contributed by atoms with Crippen LogP contribution in [0, 0.1) is 11.6 Å². The van der Waals surface area contributed by atoms with Gasteiger partial charge in [-0.1, -0.05) is 23.4 Å². The normalized spacial score (nSPS) is 11.0. The number of amides is 1. The Hall–Kier alpha value is -3.44. The lowest BCUT2D eigenvalue weighted by Crippen LogP contribution is -2.22. The van der Waals surface area contributed by atoms with Crippen molar-refractivity contribution in [1.82, 2.24) is 19.7 Å². The highest BCUT2D eigenvalue weighted by Crippen LogP contribution is 2.28. The maximum absolute atomic E-state index is 13.8. The molecular weight excluding hydrogens is 464 g/mol. The molecular formula is C20H14ClF2N5O3S. The average Bonchev–Trinajstić information content (AvgIpc) is 3.24. The number of carbonyl (C=O) groups excluding carboxylic acids is 1. The molecule has 2 heterocycles. The zero-order valence-corrected chi connectivity index (χ0v) is 17.9. The minimum absolute atomic E-state index is 0.169. The second kappa shape index (κ2) is 8.97. The molecule has 0 spiro atoms. The molecule has 0 saturated carbocycles. The first-order chi connectivity index (χ1) is 15.4. The Balaban J connectivity index is 1.67. The summed E-state index contributed by atoms with van der Waals surface area (Å²) in [5, 5.41) is 9.46. The molecule has 164 valence electrons. The van der Waals surface area contributed by atoms with E-state index in [9.17, 15) is 18.4 Å². The van der Waals surface area contributed by atoms with Crippen LogP contribution >= 0.6 is 23.4 Å². The first kappa shape index (κ1) is 21.8. The number of hydrogen-bond acceptors (Lipinski definition) is 6. The lowest BCUT2D eigenvalue weighted by Gasteiger charge is -2.13. The van der Waals surface area contributed by atoms with E-state index in [0.29, 0.717) is 11.4 Å². The van der Waals surface area contributed by atoms with E-state index >= 15 is 0 Å². The number of methoxy groups -OCH3 is 1. The predicted molar refractivity (Wildman–Crippen MR) is 117 cm³/mol. The summed E-state index contributed by atoms with van der Waals surface area (Å²) >= 11 is 7.14. The van der Waals surface area contributed by atoms with Gasteiger partial charge in [0.25, 0.3) is 5.56 Å².